The highest BCUT2D eigenvalue weighted by atomic mass is 32.2. The number of hydrogen-bond donors (Lipinski definition) is 1. The maximum atomic E-state index is 12.1. The summed E-state index contributed by atoms with van der Waals surface area (Å²) in [4.78, 5) is 12.1. The van der Waals surface area contributed by atoms with Gasteiger partial charge in [0.15, 0.2) is 0 Å². The summed E-state index contributed by atoms with van der Waals surface area (Å²) in [7, 11) is -3.15. The normalized spacial score (nSPS) is 26.0. The van der Waals surface area contributed by atoms with Crippen molar-refractivity contribution in [3.63, 3.8) is 0 Å². The maximum absolute atomic E-state index is 12.1. The zero-order valence-electron chi connectivity index (χ0n) is 14.6. The number of nitrogens with one attached hydrogen (secondary N) is 1. The van der Waals surface area contributed by atoms with Gasteiger partial charge in [0.2, 0.25) is 15.9 Å². The van der Waals surface area contributed by atoms with Gasteiger partial charge in [0.1, 0.15) is 0 Å². The predicted molar refractivity (Wildman–Crippen MR) is 101 cm³/mol. The first-order valence-corrected chi connectivity index (χ1v) is 10.7. The van der Waals surface area contributed by atoms with Crippen molar-refractivity contribution in [3.05, 3.63) is 35.9 Å². The van der Waals surface area contributed by atoms with Gasteiger partial charge in [-0.2, -0.15) is 0 Å². The fourth-order valence-electron chi connectivity index (χ4n) is 3.61. The molecule has 0 bridgehead atoms. The summed E-state index contributed by atoms with van der Waals surface area (Å²) in [5, 5.41) is 3.09. The van der Waals surface area contributed by atoms with E-state index in [9.17, 15) is 13.2 Å². The Bertz CT molecular complexity index is 740. The van der Waals surface area contributed by atoms with Crippen molar-refractivity contribution in [3.8, 4) is 0 Å². The molecule has 1 heterocycles. The summed E-state index contributed by atoms with van der Waals surface area (Å²) >= 11 is 0. The molecule has 2 unspecified atom stereocenters. The Morgan fingerprint density at radius 3 is 2.52 bits per heavy atom. The molecule has 6 heteroatoms. The first-order valence-electron chi connectivity index (χ1n) is 9.05. The summed E-state index contributed by atoms with van der Waals surface area (Å²) in [5.41, 5.74) is 1.57. The van der Waals surface area contributed by atoms with E-state index in [1.54, 1.807) is 24.3 Å². The number of amides is 1. The molecule has 1 aliphatic heterocycles. The highest BCUT2D eigenvalue weighted by Crippen LogP contribution is 2.25. The fraction of sp³-hybridized carbons (Fsp3) is 0.526. The van der Waals surface area contributed by atoms with Crippen LogP contribution in [0.1, 0.15) is 44.6 Å². The SMILES string of the molecule is CC1CCCCC1NC(=O)/C=C/c1ccc(N2CCCS2(=O)=O)cc1. The maximum Gasteiger partial charge on any atom is 0.244 e. The van der Waals surface area contributed by atoms with Crippen molar-refractivity contribution in [1.29, 1.82) is 0 Å². The van der Waals surface area contributed by atoms with E-state index in [1.807, 2.05) is 12.1 Å². The standard InChI is InChI=1S/C19H26N2O3S/c1-15-5-2-3-6-18(15)20-19(22)12-9-16-7-10-17(11-8-16)21-13-4-14-25(21,23)24/h7-12,15,18H,2-6,13-14H2,1H3,(H,20,22)/b12-9+. The van der Waals surface area contributed by atoms with Gasteiger partial charge in [0.25, 0.3) is 0 Å². The van der Waals surface area contributed by atoms with Gasteiger partial charge in [-0.25, -0.2) is 8.42 Å². The number of rotatable bonds is 4. The summed E-state index contributed by atoms with van der Waals surface area (Å²) in [6.45, 7) is 2.73. The highest BCUT2D eigenvalue weighted by Gasteiger charge is 2.28. The smallest absolute Gasteiger partial charge is 0.244 e. The van der Waals surface area contributed by atoms with Crippen LogP contribution >= 0.6 is 0 Å². The lowest BCUT2D eigenvalue weighted by atomic mass is 9.86. The van der Waals surface area contributed by atoms with Crippen LogP contribution in [-0.2, 0) is 14.8 Å². The van der Waals surface area contributed by atoms with Crippen LogP contribution in [-0.4, -0.2) is 32.7 Å². The number of hydrogen-bond acceptors (Lipinski definition) is 3. The van der Waals surface area contributed by atoms with E-state index in [0.29, 0.717) is 24.6 Å². The van der Waals surface area contributed by atoms with Crippen LogP contribution < -0.4 is 9.62 Å². The average molecular weight is 362 g/mol. The molecule has 2 fully saturated rings. The third kappa shape index (κ3) is 4.42. The van der Waals surface area contributed by atoms with Crippen LogP contribution in [0.15, 0.2) is 30.3 Å². The third-order valence-electron chi connectivity index (χ3n) is 5.15. The van der Waals surface area contributed by atoms with Crippen LogP contribution in [0.25, 0.3) is 6.08 Å². The number of nitrogens with zero attached hydrogens (tertiary/aromatic N) is 1. The lowest BCUT2D eigenvalue weighted by Crippen LogP contribution is -2.40. The molecular formula is C19H26N2O3S. The van der Waals surface area contributed by atoms with Crippen LogP contribution in [0.2, 0.25) is 0 Å². The van der Waals surface area contributed by atoms with Crippen molar-refractivity contribution in [2.24, 2.45) is 5.92 Å². The molecule has 1 amide bonds. The third-order valence-corrected chi connectivity index (χ3v) is 7.02. The molecule has 1 aromatic carbocycles. The molecule has 0 radical (unpaired) electrons. The molecule has 5 nitrogen and oxygen atoms in total. The minimum absolute atomic E-state index is 0.0649. The monoisotopic (exact) mass is 362 g/mol. The van der Waals surface area contributed by atoms with E-state index >= 15 is 0 Å². The van der Waals surface area contributed by atoms with Crippen molar-refractivity contribution in [1.82, 2.24) is 5.32 Å². The van der Waals surface area contributed by atoms with Crippen molar-refractivity contribution < 1.29 is 13.2 Å². The molecule has 0 aromatic heterocycles. The fourth-order valence-corrected chi connectivity index (χ4v) is 5.18. The van der Waals surface area contributed by atoms with E-state index in [2.05, 4.69) is 12.2 Å². The van der Waals surface area contributed by atoms with Gasteiger partial charge in [0, 0.05) is 18.7 Å². The Morgan fingerprint density at radius 2 is 1.88 bits per heavy atom. The molecule has 2 aliphatic rings. The Hall–Kier alpha value is -1.82. The van der Waals surface area contributed by atoms with Crippen molar-refractivity contribution in [2.75, 3.05) is 16.6 Å². The predicted octanol–water partition coefficient (Wildman–Crippen LogP) is 2.93. The number of benzene rings is 1. The molecular weight excluding hydrogens is 336 g/mol. The second-order valence-corrected chi connectivity index (χ2v) is 9.06. The first-order chi connectivity index (χ1) is 12.0. The molecule has 136 valence electrons. The lowest BCUT2D eigenvalue weighted by molar-refractivity contribution is -0.117. The Labute approximate surface area is 150 Å². The Kier molecular flexibility index (Phi) is 5.47. The number of carbonyl (C=O) groups is 1. The second kappa shape index (κ2) is 7.60. The first kappa shape index (κ1) is 18.0. The van der Waals surface area contributed by atoms with Gasteiger partial charge < -0.3 is 5.32 Å². The summed E-state index contributed by atoms with van der Waals surface area (Å²) in [6.07, 6.45) is 8.66. The van der Waals surface area contributed by atoms with Gasteiger partial charge in [0.05, 0.1) is 11.4 Å². The number of carbonyl (C=O) groups excluding carboxylic acids is 1. The lowest BCUT2D eigenvalue weighted by Gasteiger charge is -2.29. The van der Waals surface area contributed by atoms with Gasteiger partial charge >= 0.3 is 0 Å². The van der Waals surface area contributed by atoms with Gasteiger partial charge in [-0.05, 0) is 49.0 Å². The summed E-state index contributed by atoms with van der Waals surface area (Å²) in [5.74, 6) is 0.687. The van der Waals surface area contributed by atoms with Gasteiger partial charge in [-0.1, -0.05) is 31.9 Å². The highest BCUT2D eigenvalue weighted by molar-refractivity contribution is 7.93. The molecule has 1 aromatic rings. The molecule has 1 N–H and O–H groups in total. The topological polar surface area (TPSA) is 66.5 Å². The quantitative estimate of drug-likeness (QED) is 0.838. The zero-order valence-corrected chi connectivity index (χ0v) is 15.5. The minimum atomic E-state index is -3.15. The van der Waals surface area contributed by atoms with Crippen LogP contribution in [0.5, 0.6) is 0 Å². The number of sulfonamides is 1. The van der Waals surface area contributed by atoms with Gasteiger partial charge in [-0.15, -0.1) is 0 Å². The van der Waals surface area contributed by atoms with E-state index < -0.39 is 10.0 Å². The zero-order chi connectivity index (χ0) is 17.9. The Morgan fingerprint density at radius 1 is 1.16 bits per heavy atom. The van der Waals surface area contributed by atoms with E-state index in [-0.39, 0.29) is 17.7 Å². The van der Waals surface area contributed by atoms with E-state index in [0.717, 1.165) is 12.0 Å². The molecule has 1 saturated heterocycles. The van der Waals surface area contributed by atoms with E-state index in [1.165, 1.54) is 23.6 Å². The molecule has 25 heavy (non-hydrogen) atoms. The average Bonchev–Trinajstić information content (AvgIpc) is 2.95. The molecule has 3 rings (SSSR count). The summed E-state index contributed by atoms with van der Waals surface area (Å²) in [6, 6.07) is 7.55. The number of anilines is 1. The van der Waals surface area contributed by atoms with Crippen LogP contribution in [0, 0.1) is 5.92 Å². The van der Waals surface area contributed by atoms with Crippen LogP contribution in [0.3, 0.4) is 0 Å². The minimum Gasteiger partial charge on any atom is -0.350 e. The molecule has 2 atom stereocenters. The molecule has 1 saturated carbocycles. The second-order valence-electron chi connectivity index (χ2n) is 7.04. The van der Waals surface area contributed by atoms with E-state index in [4.69, 9.17) is 0 Å². The largest absolute Gasteiger partial charge is 0.350 e. The summed E-state index contributed by atoms with van der Waals surface area (Å²) < 4.78 is 25.3. The van der Waals surface area contributed by atoms with Crippen molar-refractivity contribution >= 4 is 27.7 Å². The van der Waals surface area contributed by atoms with Crippen molar-refractivity contribution in [2.45, 2.75) is 45.1 Å². The Balaban J connectivity index is 1.59. The van der Waals surface area contributed by atoms with Gasteiger partial charge in [-0.3, -0.25) is 9.10 Å². The van der Waals surface area contributed by atoms with Crippen LogP contribution in [0.4, 0.5) is 5.69 Å². The molecule has 1 aliphatic carbocycles. The molecule has 0 spiro atoms.